The minimum atomic E-state index is 0.238. The molecule has 2 aromatic heterocycles. The summed E-state index contributed by atoms with van der Waals surface area (Å²) in [7, 11) is 1.90. The molecule has 114 valence electrons. The lowest BCUT2D eigenvalue weighted by molar-refractivity contribution is 0.768. The predicted molar refractivity (Wildman–Crippen MR) is 91.5 cm³/mol. The molecule has 0 aliphatic carbocycles. The van der Waals surface area contributed by atoms with Crippen LogP contribution in [0.15, 0.2) is 12.1 Å². The van der Waals surface area contributed by atoms with E-state index in [1.54, 1.807) is 0 Å². The standard InChI is InChI=1S/C16H24N4S/c1-9(2)14-19-15(17-6)11(4)16(20-14)18-12(5)13-8-7-10(3)21-13/h7-9,12H,1-6H3,(H2,17,18,19,20). The van der Waals surface area contributed by atoms with Crippen molar-refractivity contribution in [1.29, 1.82) is 0 Å². The van der Waals surface area contributed by atoms with Gasteiger partial charge in [0.15, 0.2) is 0 Å². The van der Waals surface area contributed by atoms with E-state index in [0.717, 1.165) is 23.0 Å². The second-order valence-corrected chi connectivity index (χ2v) is 6.94. The van der Waals surface area contributed by atoms with E-state index in [0.29, 0.717) is 5.92 Å². The molecule has 1 atom stereocenters. The molecule has 2 N–H and O–H groups in total. The number of aromatic nitrogens is 2. The maximum Gasteiger partial charge on any atom is 0.135 e. The van der Waals surface area contributed by atoms with Gasteiger partial charge in [0, 0.05) is 28.3 Å². The van der Waals surface area contributed by atoms with Crippen LogP contribution < -0.4 is 10.6 Å². The monoisotopic (exact) mass is 304 g/mol. The van der Waals surface area contributed by atoms with Gasteiger partial charge in [-0.1, -0.05) is 13.8 Å². The molecule has 0 fully saturated rings. The summed E-state index contributed by atoms with van der Waals surface area (Å²) < 4.78 is 0. The molecule has 4 nitrogen and oxygen atoms in total. The number of rotatable bonds is 5. The summed E-state index contributed by atoms with van der Waals surface area (Å²) in [4.78, 5) is 11.9. The van der Waals surface area contributed by atoms with Crippen LogP contribution >= 0.6 is 11.3 Å². The van der Waals surface area contributed by atoms with Gasteiger partial charge >= 0.3 is 0 Å². The quantitative estimate of drug-likeness (QED) is 0.854. The number of aryl methyl sites for hydroxylation is 1. The van der Waals surface area contributed by atoms with Gasteiger partial charge in [0.25, 0.3) is 0 Å². The Balaban J connectivity index is 2.32. The van der Waals surface area contributed by atoms with Crippen molar-refractivity contribution in [3.05, 3.63) is 33.3 Å². The summed E-state index contributed by atoms with van der Waals surface area (Å²) in [5.41, 5.74) is 1.06. The number of nitrogens with zero attached hydrogens (tertiary/aromatic N) is 2. The second kappa shape index (κ2) is 6.43. The average Bonchev–Trinajstić information content (AvgIpc) is 2.87. The van der Waals surface area contributed by atoms with Crippen LogP contribution in [-0.4, -0.2) is 17.0 Å². The van der Waals surface area contributed by atoms with Gasteiger partial charge in [-0.15, -0.1) is 11.3 Å². The van der Waals surface area contributed by atoms with Crippen LogP contribution in [0.5, 0.6) is 0 Å². The van der Waals surface area contributed by atoms with Crippen molar-refractivity contribution in [2.24, 2.45) is 0 Å². The SMILES string of the molecule is CNc1nc(C(C)C)nc(NC(C)c2ccc(C)s2)c1C. The fourth-order valence-corrected chi connectivity index (χ4v) is 3.02. The van der Waals surface area contributed by atoms with E-state index in [4.69, 9.17) is 4.98 Å². The summed E-state index contributed by atoms with van der Waals surface area (Å²) in [6, 6.07) is 4.57. The van der Waals surface area contributed by atoms with E-state index in [1.165, 1.54) is 9.75 Å². The minimum absolute atomic E-state index is 0.238. The van der Waals surface area contributed by atoms with Crippen molar-refractivity contribution in [3.8, 4) is 0 Å². The van der Waals surface area contributed by atoms with Crippen molar-refractivity contribution in [3.63, 3.8) is 0 Å². The Morgan fingerprint density at radius 2 is 1.71 bits per heavy atom. The summed E-state index contributed by atoms with van der Waals surface area (Å²) in [5, 5.41) is 6.69. The van der Waals surface area contributed by atoms with E-state index >= 15 is 0 Å². The van der Waals surface area contributed by atoms with Crippen LogP contribution in [0.25, 0.3) is 0 Å². The molecule has 5 heteroatoms. The zero-order chi connectivity index (χ0) is 15.6. The first kappa shape index (κ1) is 15.8. The lowest BCUT2D eigenvalue weighted by atomic mass is 10.2. The van der Waals surface area contributed by atoms with Crippen LogP contribution in [0.3, 0.4) is 0 Å². The van der Waals surface area contributed by atoms with Gasteiger partial charge < -0.3 is 10.6 Å². The van der Waals surface area contributed by atoms with Crippen LogP contribution in [0.2, 0.25) is 0 Å². The molecule has 2 aromatic rings. The molecule has 0 saturated carbocycles. The van der Waals surface area contributed by atoms with E-state index < -0.39 is 0 Å². The molecule has 0 bridgehead atoms. The highest BCUT2D eigenvalue weighted by Crippen LogP contribution is 2.29. The largest absolute Gasteiger partial charge is 0.373 e. The lowest BCUT2D eigenvalue weighted by Gasteiger charge is -2.18. The molecule has 21 heavy (non-hydrogen) atoms. The molecular formula is C16H24N4S. The average molecular weight is 304 g/mol. The first-order chi connectivity index (χ1) is 9.92. The summed E-state index contributed by atoms with van der Waals surface area (Å²) >= 11 is 1.82. The number of nitrogens with one attached hydrogen (secondary N) is 2. The van der Waals surface area contributed by atoms with Gasteiger partial charge in [-0.3, -0.25) is 0 Å². The van der Waals surface area contributed by atoms with Crippen molar-refractivity contribution in [2.45, 2.75) is 46.6 Å². The molecule has 0 spiro atoms. The summed E-state index contributed by atoms with van der Waals surface area (Å²) in [5.74, 6) is 2.97. The minimum Gasteiger partial charge on any atom is -0.373 e. The Bertz CT molecular complexity index is 619. The first-order valence-electron chi connectivity index (χ1n) is 7.31. The third-order valence-electron chi connectivity index (χ3n) is 3.46. The molecule has 0 amide bonds. The van der Waals surface area contributed by atoms with E-state index in [-0.39, 0.29) is 6.04 Å². The highest BCUT2D eigenvalue weighted by Gasteiger charge is 2.15. The van der Waals surface area contributed by atoms with Gasteiger partial charge in [-0.2, -0.15) is 0 Å². The molecule has 0 aliphatic heterocycles. The van der Waals surface area contributed by atoms with E-state index in [2.05, 4.69) is 55.4 Å². The molecule has 2 heterocycles. The Morgan fingerprint density at radius 3 is 2.24 bits per heavy atom. The normalized spacial score (nSPS) is 12.5. The van der Waals surface area contributed by atoms with E-state index in [9.17, 15) is 0 Å². The number of anilines is 2. The van der Waals surface area contributed by atoms with Gasteiger partial charge in [-0.25, -0.2) is 9.97 Å². The van der Waals surface area contributed by atoms with Gasteiger partial charge in [-0.05, 0) is 32.9 Å². The fourth-order valence-electron chi connectivity index (χ4n) is 2.14. The third kappa shape index (κ3) is 3.53. The molecule has 0 saturated heterocycles. The van der Waals surface area contributed by atoms with Gasteiger partial charge in [0.2, 0.25) is 0 Å². The van der Waals surface area contributed by atoms with Gasteiger partial charge in [0.1, 0.15) is 17.5 Å². The molecule has 1 unspecified atom stereocenters. The maximum atomic E-state index is 4.70. The zero-order valence-electron chi connectivity index (χ0n) is 13.6. The van der Waals surface area contributed by atoms with Crippen molar-refractivity contribution in [1.82, 2.24) is 9.97 Å². The Labute approximate surface area is 131 Å². The van der Waals surface area contributed by atoms with Crippen LogP contribution in [0, 0.1) is 13.8 Å². The maximum absolute atomic E-state index is 4.70. The predicted octanol–water partition coefficient (Wildman–Crippen LogP) is 4.49. The lowest BCUT2D eigenvalue weighted by Crippen LogP contribution is -2.12. The second-order valence-electron chi connectivity index (χ2n) is 5.62. The molecule has 0 aromatic carbocycles. The van der Waals surface area contributed by atoms with E-state index in [1.807, 2.05) is 25.3 Å². The van der Waals surface area contributed by atoms with Crippen molar-refractivity contribution in [2.75, 3.05) is 17.7 Å². The van der Waals surface area contributed by atoms with Crippen LogP contribution in [0.1, 0.15) is 53.9 Å². The molecule has 2 rings (SSSR count). The molecular weight excluding hydrogens is 280 g/mol. The zero-order valence-corrected chi connectivity index (χ0v) is 14.4. The first-order valence-corrected chi connectivity index (χ1v) is 8.13. The van der Waals surface area contributed by atoms with Crippen LogP contribution in [-0.2, 0) is 0 Å². The summed E-state index contributed by atoms with van der Waals surface area (Å²) in [6.45, 7) is 10.6. The summed E-state index contributed by atoms with van der Waals surface area (Å²) in [6.07, 6.45) is 0. The number of hydrogen-bond acceptors (Lipinski definition) is 5. The molecule has 0 radical (unpaired) electrons. The van der Waals surface area contributed by atoms with Crippen molar-refractivity contribution < 1.29 is 0 Å². The highest BCUT2D eigenvalue weighted by atomic mass is 32.1. The molecule has 0 aliphatic rings. The topological polar surface area (TPSA) is 49.8 Å². The highest BCUT2D eigenvalue weighted by molar-refractivity contribution is 7.12. The Morgan fingerprint density at radius 1 is 1.05 bits per heavy atom. The Hall–Kier alpha value is -1.62. The fraction of sp³-hybridized carbons (Fsp3) is 0.500. The third-order valence-corrected chi connectivity index (χ3v) is 4.64. The van der Waals surface area contributed by atoms with Gasteiger partial charge in [0.05, 0.1) is 6.04 Å². The Kier molecular flexibility index (Phi) is 4.83. The van der Waals surface area contributed by atoms with Crippen molar-refractivity contribution >= 4 is 23.0 Å². The number of thiophene rings is 1. The number of hydrogen-bond donors (Lipinski definition) is 2. The van der Waals surface area contributed by atoms with Crippen LogP contribution in [0.4, 0.5) is 11.6 Å². The smallest absolute Gasteiger partial charge is 0.135 e.